The van der Waals surface area contributed by atoms with Crippen molar-refractivity contribution >= 4 is 33.7 Å². The lowest BCUT2D eigenvalue weighted by atomic mass is 9.95. The van der Waals surface area contributed by atoms with Crippen molar-refractivity contribution in [2.24, 2.45) is 0 Å². The number of para-hydroxylation sites is 1. The second-order valence-corrected chi connectivity index (χ2v) is 7.64. The molecule has 0 aliphatic rings. The molecule has 1 N–H and O–H groups in total. The zero-order valence-corrected chi connectivity index (χ0v) is 17.8. The first kappa shape index (κ1) is 20.5. The molecule has 1 heterocycles. The smallest absolute Gasteiger partial charge is 0.372 e. The highest BCUT2D eigenvalue weighted by Crippen LogP contribution is 2.31. The molecule has 4 aromatic rings. The Bertz CT molecular complexity index is 1340. The molecule has 0 aliphatic carbocycles. The van der Waals surface area contributed by atoms with Gasteiger partial charge in [-0.1, -0.05) is 35.9 Å². The third-order valence-electron chi connectivity index (χ3n) is 5.52. The standard InChI is InChI=1S/C26H23NO4/c1-4-31-24(28)15-27-22-8-6-5-7-20(22)25(26(29)30)21-14-18(10-12-23(21)27)19-11-9-16(2)13-17(19)3/h5-14H,4,15H2,1-3H3/p+1. The van der Waals surface area contributed by atoms with E-state index in [1.54, 1.807) is 13.0 Å². The second kappa shape index (κ2) is 8.19. The fourth-order valence-electron chi connectivity index (χ4n) is 4.21. The number of carbonyl (C=O) groups is 2. The molecule has 156 valence electrons. The first-order valence-corrected chi connectivity index (χ1v) is 10.3. The number of esters is 1. The highest BCUT2D eigenvalue weighted by Gasteiger charge is 2.26. The SMILES string of the molecule is CCOC(=O)C[n+]1c2ccccc2c(C(=O)O)c2cc(-c3ccc(C)cc3C)ccc21. The Hall–Kier alpha value is -3.73. The number of carbonyl (C=O) groups excluding carboxylic acids is 1. The van der Waals surface area contributed by atoms with Crippen molar-refractivity contribution in [2.45, 2.75) is 27.3 Å². The molecule has 3 aromatic carbocycles. The summed E-state index contributed by atoms with van der Waals surface area (Å²) in [5.41, 5.74) is 5.87. The van der Waals surface area contributed by atoms with Crippen LogP contribution in [0.1, 0.15) is 28.4 Å². The molecule has 0 spiro atoms. The first-order chi connectivity index (χ1) is 14.9. The summed E-state index contributed by atoms with van der Waals surface area (Å²) in [4.78, 5) is 24.6. The maximum absolute atomic E-state index is 12.3. The number of ether oxygens (including phenoxy) is 1. The molecule has 0 radical (unpaired) electrons. The summed E-state index contributed by atoms with van der Waals surface area (Å²) in [6, 6.07) is 19.2. The largest absolute Gasteiger partial charge is 0.478 e. The lowest BCUT2D eigenvalue weighted by Crippen LogP contribution is -2.41. The molecular formula is C26H24NO4+. The van der Waals surface area contributed by atoms with Gasteiger partial charge in [-0.15, -0.1) is 0 Å². The van der Waals surface area contributed by atoms with Gasteiger partial charge in [0, 0.05) is 12.1 Å². The molecule has 0 bridgehead atoms. The molecule has 0 fully saturated rings. The van der Waals surface area contributed by atoms with Crippen LogP contribution >= 0.6 is 0 Å². The summed E-state index contributed by atoms with van der Waals surface area (Å²) < 4.78 is 7.00. The fourth-order valence-corrected chi connectivity index (χ4v) is 4.21. The number of benzene rings is 3. The topological polar surface area (TPSA) is 67.5 Å². The van der Waals surface area contributed by atoms with E-state index in [-0.39, 0.29) is 18.1 Å². The number of pyridine rings is 1. The zero-order chi connectivity index (χ0) is 22.1. The Morgan fingerprint density at radius 1 is 0.935 bits per heavy atom. The van der Waals surface area contributed by atoms with E-state index in [0.717, 1.165) is 16.7 Å². The molecule has 5 nitrogen and oxygen atoms in total. The Morgan fingerprint density at radius 3 is 2.39 bits per heavy atom. The van der Waals surface area contributed by atoms with Gasteiger partial charge in [-0.05, 0) is 55.7 Å². The number of hydrogen-bond acceptors (Lipinski definition) is 3. The van der Waals surface area contributed by atoms with Crippen LogP contribution in [0, 0.1) is 13.8 Å². The lowest BCUT2D eigenvalue weighted by Gasteiger charge is -2.12. The van der Waals surface area contributed by atoms with Gasteiger partial charge in [0.2, 0.25) is 17.6 Å². The van der Waals surface area contributed by atoms with E-state index in [2.05, 4.69) is 12.1 Å². The van der Waals surface area contributed by atoms with Gasteiger partial charge >= 0.3 is 11.9 Å². The molecular weight excluding hydrogens is 390 g/mol. The van der Waals surface area contributed by atoms with Crippen LogP contribution in [0.25, 0.3) is 32.9 Å². The minimum Gasteiger partial charge on any atom is -0.478 e. The number of aromatic nitrogens is 1. The minimum absolute atomic E-state index is 0.00760. The molecule has 0 aliphatic heterocycles. The number of nitrogens with zero attached hydrogens (tertiary/aromatic N) is 1. The van der Waals surface area contributed by atoms with Gasteiger partial charge in [-0.3, -0.25) is 0 Å². The van der Waals surface area contributed by atoms with Crippen LogP contribution in [0.15, 0.2) is 60.7 Å². The van der Waals surface area contributed by atoms with Crippen LogP contribution in [0.4, 0.5) is 0 Å². The fraction of sp³-hybridized carbons (Fsp3) is 0.192. The van der Waals surface area contributed by atoms with Crippen molar-refractivity contribution < 1.29 is 24.0 Å². The van der Waals surface area contributed by atoms with Crippen LogP contribution in [0.2, 0.25) is 0 Å². The average molecular weight is 414 g/mol. The van der Waals surface area contributed by atoms with Gasteiger partial charge in [-0.2, -0.15) is 4.57 Å². The maximum atomic E-state index is 12.3. The summed E-state index contributed by atoms with van der Waals surface area (Å²) in [5, 5.41) is 11.3. The highest BCUT2D eigenvalue weighted by atomic mass is 16.5. The predicted molar refractivity (Wildman–Crippen MR) is 120 cm³/mol. The predicted octanol–water partition coefficient (Wildman–Crippen LogP) is 4.83. The van der Waals surface area contributed by atoms with E-state index in [1.807, 2.05) is 60.9 Å². The average Bonchev–Trinajstić information content (AvgIpc) is 2.73. The van der Waals surface area contributed by atoms with Gasteiger partial charge in [-0.25, -0.2) is 9.59 Å². The Kier molecular flexibility index (Phi) is 5.42. The Balaban J connectivity index is 2.06. The van der Waals surface area contributed by atoms with E-state index in [4.69, 9.17) is 4.74 Å². The summed E-state index contributed by atoms with van der Waals surface area (Å²) in [6.45, 7) is 6.16. The van der Waals surface area contributed by atoms with Crippen LogP contribution in [0.5, 0.6) is 0 Å². The van der Waals surface area contributed by atoms with Crippen LogP contribution in [-0.2, 0) is 16.1 Å². The molecule has 0 amide bonds. The van der Waals surface area contributed by atoms with Gasteiger partial charge < -0.3 is 9.84 Å². The molecule has 0 saturated carbocycles. The lowest BCUT2D eigenvalue weighted by molar-refractivity contribution is -0.633. The van der Waals surface area contributed by atoms with Gasteiger partial charge in [0.1, 0.15) is 0 Å². The van der Waals surface area contributed by atoms with Gasteiger partial charge in [0.25, 0.3) is 0 Å². The summed E-state index contributed by atoms with van der Waals surface area (Å²) in [5.74, 6) is -1.36. The number of rotatable bonds is 5. The number of carboxylic acids is 1. The van der Waals surface area contributed by atoms with Crippen LogP contribution in [0.3, 0.4) is 0 Å². The number of aryl methyl sites for hydroxylation is 2. The molecule has 0 unspecified atom stereocenters. The van der Waals surface area contributed by atoms with Crippen molar-refractivity contribution in [3.63, 3.8) is 0 Å². The van der Waals surface area contributed by atoms with Crippen LogP contribution < -0.4 is 4.57 Å². The number of fused-ring (bicyclic) bond motifs is 2. The first-order valence-electron chi connectivity index (χ1n) is 10.3. The number of aromatic carboxylic acids is 1. The van der Waals surface area contributed by atoms with E-state index in [9.17, 15) is 14.7 Å². The number of hydrogen-bond donors (Lipinski definition) is 1. The molecule has 4 rings (SSSR count). The molecule has 0 saturated heterocycles. The highest BCUT2D eigenvalue weighted by molar-refractivity contribution is 6.12. The van der Waals surface area contributed by atoms with Crippen LogP contribution in [-0.4, -0.2) is 23.7 Å². The summed E-state index contributed by atoms with van der Waals surface area (Å²) in [6.07, 6.45) is 0. The van der Waals surface area contributed by atoms with E-state index in [0.29, 0.717) is 28.4 Å². The summed E-state index contributed by atoms with van der Waals surface area (Å²) >= 11 is 0. The third kappa shape index (κ3) is 3.75. The van der Waals surface area contributed by atoms with Gasteiger partial charge in [0.15, 0.2) is 0 Å². The van der Waals surface area contributed by atoms with Crippen molar-refractivity contribution in [2.75, 3.05) is 6.61 Å². The zero-order valence-electron chi connectivity index (χ0n) is 17.8. The molecule has 31 heavy (non-hydrogen) atoms. The minimum atomic E-state index is -0.998. The second-order valence-electron chi connectivity index (χ2n) is 7.64. The van der Waals surface area contributed by atoms with Crippen molar-refractivity contribution in [1.29, 1.82) is 0 Å². The Labute approximate surface area is 180 Å². The van der Waals surface area contributed by atoms with E-state index >= 15 is 0 Å². The normalized spacial score (nSPS) is 11.1. The van der Waals surface area contributed by atoms with Crippen molar-refractivity contribution in [1.82, 2.24) is 0 Å². The monoisotopic (exact) mass is 414 g/mol. The maximum Gasteiger partial charge on any atom is 0.372 e. The quantitative estimate of drug-likeness (QED) is 0.289. The third-order valence-corrected chi connectivity index (χ3v) is 5.52. The molecule has 1 aromatic heterocycles. The van der Waals surface area contributed by atoms with Crippen molar-refractivity contribution in [3.05, 3.63) is 77.4 Å². The summed E-state index contributed by atoms with van der Waals surface area (Å²) in [7, 11) is 0. The molecule has 5 heteroatoms. The van der Waals surface area contributed by atoms with E-state index in [1.165, 1.54) is 5.56 Å². The molecule has 0 atom stereocenters. The van der Waals surface area contributed by atoms with Gasteiger partial charge in [0.05, 0.1) is 22.9 Å². The van der Waals surface area contributed by atoms with E-state index < -0.39 is 5.97 Å². The Morgan fingerprint density at radius 2 is 1.68 bits per heavy atom. The number of carboxylic acid groups (broad SMARTS) is 1. The van der Waals surface area contributed by atoms with Crippen molar-refractivity contribution in [3.8, 4) is 11.1 Å².